The van der Waals surface area contributed by atoms with E-state index in [9.17, 15) is 9.59 Å². The predicted molar refractivity (Wildman–Crippen MR) is 108 cm³/mol. The first-order valence-corrected chi connectivity index (χ1v) is 11.1. The molecule has 0 radical (unpaired) electrons. The van der Waals surface area contributed by atoms with E-state index < -0.39 is 0 Å². The lowest BCUT2D eigenvalue weighted by molar-refractivity contribution is -0.134. The summed E-state index contributed by atoms with van der Waals surface area (Å²) in [7, 11) is 3.35. The van der Waals surface area contributed by atoms with Crippen molar-refractivity contribution in [2.45, 2.75) is 42.3 Å². The van der Waals surface area contributed by atoms with E-state index in [0.717, 1.165) is 0 Å². The largest absolute Gasteiger partial charge is 0.378 e. The fourth-order valence-corrected chi connectivity index (χ4v) is 3.76. The van der Waals surface area contributed by atoms with Crippen molar-refractivity contribution >= 4 is 35.5 Å². The van der Waals surface area contributed by atoms with Crippen LogP contribution in [0.1, 0.15) is 33.0 Å². The molecule has 2 rings (SSSR count). The number of carbonyl (C=O) groups is 2. The molecule has 2 amide bonds. The first kappa shape index (κ1) is 22.0. The topological polar surface area (TPSA) is 80.6 Å². The second-order valence-corrected chi connectivity index (χ2v) is 9.57. The SMILES string of the molecule is CCC(Sc1nc(C(C)(C)SC)nn1C(=O)N(C)C)C(=O)N1CCOCC1. The molecule has 1 atom stereocenters. The van der Waals surface area contributed by atoms with E-state index in [-0.39, 0.29) is 21.9 Å². The van der Waals surface area contributed by atoms with Crippen molar-refractivity contribution in [2.75, 3.05) is 46.7 Å². The van der Waals surface area contributed by atoms with Crippen LogP contribution in [0.25, 0.3) is 0 Å². The van der Waals surface area contributed by atoms with Crippen molar-refractivity contribution < 1.29 is 14.3 Å². The minimum atomic E-state index is -0.330. The summed E-state index contributed by atoms with van der Waals surface area (Å²) < 4.78 is 6.31. The molecule has 0 saturated carbocycles. The number of aromatic nitrogens is 3. The molecule has 152 valence electrons. The van der Waals surface area contributed by atoms with Crippen LogP contribution in [-0.4, -0.2) is 88.4 Å². The Bertz CT molecular complexity index is 672. The number of nitrogens with zero attached hydrogens (tertiary/aromatic N) is 5. The van der Waals surface area contributed by atoms with Crippen LogP contribution in [0, 0.1) is 0 Å². The van der Waals surface area contributed by atoms with E-state index >= 15 is 0 Å². The predicted octanol–water partition coefficient (Wildman–Crippen LogP) is 2.14. The molecule has 8 nitrogen and oxygen atoms in total. The maximum atomic E-state index is 12.9. The molecular formula is C17H29N5O3S2. The van der Waals surface area contributed by atoms with Gasteiger partial charge in [-0.1, -0.05) is 18.7 Å². The van der Waals surface area contributed by atoms with Gasteiger partial charge in [0, 0.05) is 27.2 Å². The highest BCUT2D eigenvalue weighted by atomic mass is 32.2. The molecule has 0 N–H and O–H groups in total. The van der Waals surface area contributed by atoms with Crippen LogP contribution in [0.3, 0.4) is 0 Å². The van der Waals surface area contributed by atoms with E-state index in [2.05, 4.69) is 10.1 Å². The van der Waals surface area contributed by atoms with Gasteiger partial charge in [0.15, 0.2) is 11.0 Å². The molecule has 1 aromatic heterocycles. The van der Waals surface area contributed by atoms with Crippen LogP contribution in [-0.2, 0) is 14.3 Å². The number of hydrogen-bond acceptors (Lipinski definition) is 7. The monoisotopic (exact) mass is 415 g/mol. The summed E-state index contributed by atoms with van der Waals surface area (Å²) >= 11 is 2.93. The van der Waals surface area contributed by atoms with Gasteiger partial charge in [-0.3, -0.25) is 4.79 Å². The maximum absolute atomic E-state index is 12.9. The van der Waals surface area contributed by atoms with Gasteiger partial charge in [-0.05, 0) is 26.5 Å². The second-order valence-electron chi connectivity index (χ2n) is 6.97. The van der Waals surface area contributed by atoms with Gasteiger partial charge in [0.25, 0.3) is 0 Å². The molecule has 1 unspecified atom stereocenters. The molecule has 27 heavy (non-hydrogen) atoms. The normalized spacial score (nSPS) is 16.3. The average molecular weight is 416 g/mol. The second kappa shape index (κ2) is 9.29. The van der Waals surface area contributed by atoms with Crippen LogP contribution in [0.15, 0.2) is 5.16 Å². The molecule has 0 aliphatic carbocycles. The molecular weight excluding hydrogens is 386 g/mol. The maximum Gasteiger partial charge on any atom is 0.346 e. The summed E-state index contributed by atoms with van der Waals surface area (Å²) in [5, 5.41) is 4.60. The molecule has 10 heteroatoms. The van der Waals surface area contributed by atoms with Gasteiger partial charge in [0.05, 0.1) is 23.2 Å². The highest BCUT2D eigenvalue weighted by Crippen LogP contribution is 2.34. The summed E-state index contributed by atoms with van der Waals surface area (Å²) in [6.45, 7) is 8.33. The van der Waals surface area contributed by atoms with Crippen molar-refractivity contribution in [3.05, 3.63) is 5.82 Å². The highest BCUT2D eigenvalue weighted by molar-refractivity contribution is 8.00. The Hall–Kier alpha value is -1.26. The van der Waals surface area contributed by atoms with E-state index in [4.69, 9.17) is 4.74 Å². The lowest BCUT2D eigenvalue weighted by Crippen LogP contribution is -2.44. The van der Waals surface area contributed by atoms with Crippen LogP contribution in [0.4, 0.5) is 4.79 Å². The summed E-state index contributed by atoms with van der Waals surface area (Å²) in [5.41, 5.74) is 0. The Morgan fingerprint density at radius 3 is 2.44 bits per heavy atom. The molecule has 1 saturated heterocycles. The van der Waals surface area contributed by atoms with Gasteiger partial charge in [0.2, 0.25) is 5.91 Å². The van der Waals surface area contributed by atoms with Crippen molar-refractivity contribution in [3.63, 3.8) is 0 Å². The standard InChI is InChI=1S/C17H29N5O3S2/c1-7-12(13(23)21-8-10-25-11-9-21)27-15-18-14(17(2,3)26-6)19-22(15)16(24)20(4)5/h12H,7-11H2,1-6H3. The lowest BCUT2D eigenvalue weighted by Gasteiger charge is -2.29. The number of amides is 2. The lowest BCUT2D eigenvalue weighted by atomic mass is 10.2. The van der Waals surface area contributed by atoms with Crippen LogP contribution in [0.2, 0.25) is 0 Å². The molecule has 0 bridgehead atoms. The van der Waals surface area contributed by atoms with Gasteiger partial charge in [-0.25, -0.2) is 9.78 Å². The van der Waals surface area contributed by atoms with Crippen LogP contribution >= 0.6 is 23.5 Å². The fraction of sp³-hybridized carbons (Fsp3) is 0.765. The zero-order valence-electron chi connectivity index (χ0n) is 16.9. The van der Waals surface area contributed by atoms with Gasteiger partial charge in [-0.2, -0.15) is 16.4 Å². The van der Waals surface area contributed by atoms with E-state index in [1.165, 1.54) is 21.3 Å². The molecule has 0 aromatic carbocycles. The number of carbonyl (C=O) groups excluding carboxylic acids is 2. The summed E-state index contributed by atoms with van der Waals surface area (Å²) in [6.07, 6.45) is 2.63. The Labute approximate surface area is 169 Å². The Morgan fingerprint density at radius 1 is 1.30 bits per heavy atom. The molecule has 1 aliphatic rings. The zero-order chi connectivity index (χ0) is 20.2. The van der Waals surface area contributed by atoms with Gasteiger partial charge >= 0.3 is 6.03 Å². The molecule has 0 spiro atoms. The number of thioether (sulfide) groups is 2. The smallest absolute Gasteiger partial charge is 0.346 e. The van der Waals surface area contributed by atoms with Crippen molar-refractivity contribution in [2.24, 2.45) is 0 Å². The average Bonchev–Trinajstić information content (AvgIpc) is 3.10. The first-order chi connectivity index (χ1) is 12.7. The van der Waals surface area contributed by atoms with Gasteiger partial charge in [0.1, 0.15) is 0 Å². The minimum absolute atomic E-state index is 0.0586. The third-order valence-electron chi connectivity index (χ3n) is 4.41. The number of hydrogen-bond donors (Lipinski definition) is 0. The van der Waals surface area contributed by atoms with Crippen LogP contribution < -0.4 is 0 Å². The summed E-state index contributed by atoms with van der Waals surface area (Å²) in [6, 6.07) is -0.276. The third-order valence-corrected chi connectivity index (χ3v) is 6.90. The van der Waals surface area contributed by atoms with Crippen molar-refractivity contribution in [3.8, 4) is 0 Å². The van der Waals surface area contributed by atoms with E-state index in [0.29, 0.717) is 43.7 Å². The number of rotatable bonds is 6. The molecule has 1 aromatic rings. The minimum Gasteiger partial charge on any atom is -0.378 e. The Kier molecular flexibility index (Phi) is 7.58. The molecule has 1 aliphatic heterocycles. The van der Waals surface area contributed by atoms with E-state index in [1.807, 2.05) is 31.9 Å². The van der Waals surface area contributed by atoms with Crippen molar-refractivity contribution in [1.29, 1.82) is 0 Å². The number of ether oxygens (including phenoxy) is 1. The summed E-state index contributed by atoms with van der Waals surface area (Å²) in [5.74, 6) is 0.643. The Morgan fingerprint density at radius 2 is 1.93 bits per heavy atom. The first-order valence-electron chi connectivity index (χ1n) is 8.98. The zero-order valence-corrected chi connectivity index (χ0v) is 18.5. The quantitative estimate of drug-likeness (QED) is 0.659. The highest BCUT2D eigenvalue weighted by Gasteiger charge is 2.32. The van der Waals surface area contributed by atoms with E-state index in [1.54, 1.807) is 25.9 Å². The molecule has 2 heterocycles. The Balaban J connectivity index is 2.31. The van der Waals surface area contributed by atoms with Gasteiger partial charge in [-0.15, -0.1) is 5.10 Å². The molecule has 1 fully saturated rings. The van der Waals surface area contributed by atoms with Gasteiger partial charge < -0.3 is 14.5 Å². The number of morpholine rings is 1. The third kappa shape index (κ3) is 5.17. The fourth-order valence-electron chi connectivity index (χ4n) is 2.46. The summed E-state index contributed by atoms with van der Waals surface area (Å²) in [4.78, 5) is 33.4. The van der Waals surface area contributed by atoms with Crippen molar-refractivity contribution in [1.82, 2.24) is 24.6 Å². The van der Waals surface area contributed by atoms with Crippen LogP contribution in [0.5, 0.6) is 0 Å².